The molecule has 0 aliphatic rings. The maximum atomic E-state index is 12.2. The smallest absolute Gasteiger partial charge is 0.387 e. The number of hydrogen-bond donors (Lipinski definition) is 0. The molecule has 0 spiro atoms. The third-order valence-corrected chi connectivity index (χ3v) is 2.68. The Hall–Kier alpha value is -1.43. The van der Waals surface area contributed by atoms with Gasteiger partial charge in [0.15, 0.2) is 5.75 Å². The molecule has 0 atom stereocenters. The summed E-state index contributed by atoms with van der Waals surface area (Å²) in [5, 5.41) is 8.81. The molecule has 0 saturated carbocycles. The normalized spacial score (nSPS) is 9.88. The van der Waals surface area contributed by atoms with E-state index in [1.165, 1.54) is 12.1 Å². The lowest BCUT2D eigenvalue weighted by Crippen LogP contribution is -2.12. The van der Waals surface area contributed by atoms with Crippen molar-refractivity contribution < 1.29 is 23.0 Å². The lowest BCUT2D eigenvalue weighted by Gasteiger charge is -2.12. The standard InChI is InChI=1S/C10H6F2INO3/c1-16-9(15)7-5(4-14)2-3-6(13)8(7)17-10(11)12/h2-3,10H,1H3. The first-order valence-corrected chi connectivity index (χ1v) is 5.34. The highest BCUT2D eigenvalue weighted by molar-refractivity contribution is 14.1. The topological polar surface area (TPSA) is 59.3 Å². The van der Waals surface area contributed by atoms with Crippen LogP contribution in [0.15, 0.2) is 12.1 Å². The van der Waals surface area contributed by atoms with Crippen molar-refractivity contribution in [1.82, 2.24) is 0 Å². The van der Waals surface area contributed by atoms with E-state index in [2.05, 4.69) is 9.47 Å². The molecule has 1 aromatic rings. The molecule has 0 unspecified atom stereocenters. The van der Waals surface area contributed by atoms with E-state index in [1.54, 1.807) is 28.7 Å². The van der Waals surface area contributed by atoms with Crippen LogP contribution in [-0.2, 0) is 4.74 Å². The van der Waals surface area contributed by atoms with Gasteiger partial charge in [0.2, 0.25) is 0 Å². The number of benzene rings is 1. The Balaban J connectivity index is 3.43. The summed E-state index contributed by atoms with van der Waals surface area (Å²) in [6.45, 7) is -3.08. The Labute approximate surface area is 109 Å². The van der Waals surface area contributed by atoms with Gasteiger partial charge in [-0.15, -0.1) is 0 Å². The molecule has 1 rings (SSSR count). The minimum absolute atomic E-state index is 0.0760. The number of esters is 1. The van der Waals surface area contributed by atoms with Crippen LogP contribution in [0.2, 0.25) is 0 Å². The Morgan fingerprint density at radius 1 is 1.53 bits per heavy atom. The van der Waals surface area contributed by atoms with E-state index in [9.17, 15) is 13.6 Å². The number of methoxy groups -OCH3 is 1. The Bertz CT molecular complexity index is 485. The van der Waals surface area contributed by atoms with E-state index in [0.29, 0.717) is 3.57 Å². The molecule has 0 bridgehead atoms. The number of ether oxygens (including phenoxy) is 2. The van der Waals surface area contributed by atoms with Crippen molar-refractivity contribution in [3.05, 3.63) is 26.8 Å². The minimum Gasteiger partial charge on any atom is -0.465 e. The van der Waals surface area contributed by atoms with Crippen LogP contribution in [0.25, 0.3) is 0 Å². The number of nitriles is 1. The quantitative estimate of drug-likeness (QED) is 0.619. The molecule has 0 N–H and O–H groups in total. The molecule has 0 aliphatic carbocycles. The molecule has 0 radical (unpaired) electrons. The molecule has 17 heavy (non-hydrogen) atoms. The van der Waals surface area contributed by atoms with E-state index in [1.807, 2.05) is 0 Å². The molecule has 1 aromatic carbocycles. The summed E-state index contributed by atoms with van der Waals surface area (Å²) >= 11 is 1.73. The van der Waals surface area contributed by atoms with Crippen LogP contribution < -0.4 is 4.74 Å². The summed E-state index contributed by atoms with van der Waals surface area (Å²) < 4.78 is 33.4. The largest absolute Gasteiger partial charge is 0.465 e. The van der Waals surface area contributed by atoms with E-state index in [0.717, 1.165) is 7.11 Å². The Morgan fingerprint density at radius 2 is 2.18 bits per heavy atom. The van der Waals surface area contributed by atoms with Crippen LogP contribution in [-0.4, -0.2) is 19.7 Å². The molecule has 0 heterocycles. The fourth-order valence-electron chi connectivity index (χ4n) is 1.16. The molecular weight excluding hydrogens is 347 g/mol. The fourth-order valence-corrected chi connectivity index (χ4v) is 1.74. The molecule has 0 saturated heterocycles. The zero-order chi connectivity index (χ0) is 13.0. The van der Waals surface area contributed by atoms with Gasteiger partial charge in [0.05, 0.1) is 16.2 Å². The van der Waals surface area contributed by atoms with Crippen molar-refractivity contribution in [3.8, 4) is 11.8 Å². The number of carbonyl (C=O) groups excluding carboxylic acids is 1. The van der Waals surface area contributed by atoms with Gasteiger partial charge in [0.1, 0.15) is 11.6 Å². The second-order valence-electron chi connectivity index (χ2n) is 2.78. The van der Waals surface area contributed by atoms with Gasteiger partial charge in [-0.25, -0.2) is 4.79 Å². The number of rotatable bonds is 3. The Morgan fingerprint density at radius 3 is 2.65 bits per heavy atom. The van der Waals surface area contributed by atoms with Gasteiger partial charge in [0, 0.05) is 0 Å². The predicted octanol–water partition coefficient (Wildman–Crippen LogP) is 2.55. The fraction of sp³-hybridized carbons (Fsp3) is 0.200. The molecule has 0 fully saturated rings. The molecule has 4 nitrogen and oxygen atoms in total. The van der Waals surface area contributed by atoms with Crippen LogP contribution >= 0.6 is 22.6 Å². The van der Waals surface area contributed by atoms with Gasteiger partial charge in [-0.05, 0) is 34.7 Å². The van der Waals surface area contributed by atoms with Crippen molar-refractivity contribution in [1.29, 1.82) is 5.26 Å². The maximum absolute atomic E-state index is 12.2. The lowest BCUT2D eigenvalue weighted by molar-refractivity contribution is -0.0510. The van der Waals surface area contributed by atoms with Gasteiger partial charge in [-0.1, -0.05) is 0 Å². The molecule has 0 amide bonds. The summed E-state index contributed by atoms with van der Waals surface area (Å²) in [6, 6.07) is 4.47. The second kappa shape index (κ2) is 5.77. The zero-order valence-electron chi connectivity index (χ0n) is 8.54. The van der Waals surface area contributed by atoms with Crippen molar-refractivity contribution in [2.75, 3.05) is 7.11 Å². The van der Waals surface area contributed by atoms with Crippen LogP contribution in [0, 0.1) is 14.9 Å². The number of hydrogen-bond acceptors (Lipinski definition) is 4. The van der Waals surface area contributed by atoms with Gasteiger partial charge >= 0.3 is 12.6 Å². The van der Waals surface area contributed by atoms with Crippen LogP contribution in [0.1, 0.15) is 15.9 Å². The summed E-state index contributed by atoms with van der Waals surface area (Å²) in [6.07, 6.45) is 0. The first kappa shape index (κ1) is 13.6. The summed E-state index contributed by atoms with van der Waals surface area (Å²) in [5.74, 6) is -1.23. The summed E-state index contributed by atoms with van der Waals surface area (Å²) in [4.78, 5) is 11.4. The van der Waals surface area contributed by atoms with Crippen molar-refractivity contribution in [3.63, 3.8) is 0 Å². The second-order valence-corrected chi connectivity index (χ2v) is 3.94. The summed E-state index contributed by atoms with van der Waals surface area (Å²) in [7, 11) is 1.09. The van der Waals surface area contributed by atoms with E-state index < -0.39 is 12.6 Å². The highest BCUT2D eigenvalue weighted by Crippen LogP contribution is 2.30. The highest BCUT2D eigenvalue weighted by Gasteiger charge is 2.23. The summed E-state index contributed by atoms with van der Waals surface area (Å²) in [5.41, 5.74) is -0.366. The molecule has 90 valence electrons. The minimum atomic E-state index is -3.08. The van der Waals surface area contributed by atoms with Gasteiger partial charge < -0.3 is 9.47 Å². The van der Waals surface area contributed by atoms with Crippen LogP contribution in [0.5, 0.6) is 5.75 Å². The van der Waals surface area contributed by atoms with Crippen molar-refractivity contribution in [2.45, 2.75) is 6.61 Å². The number of carbonyl (C=O) groups is 1. The third kappa shape index (κ3) is 3.03. The monoisotopic (exact) mass is 353 g/mol. The maximum Gasteiger partial charge on any atom is 0.387 e. The number of halogens is 3. The van der Waals surface area contributed by atoms with E-state index in [-0.39, 0.29) is 16.9 Å². The van der Waals surface area contributed by atoms with Gasteiger partial charge in [-0.3, -0.25) is 0 Å². The van der Waals surface area contributed by atoms with E-state index >= 15 is 0 Å². The first-order chi connectivity index (χ1) is 8.01. The number of nitrogens with zero attached hydrogens (tertiary/aromatic N) is 1. The Kier molecular flexibility index (Phi) is 4.62. The zero-order valence-corrected chi connectivity index (χ0v) is 10.7. The van der Waals surface area contributed by atoms with Gasteiger partial charge in [0.25, 0.3) is 0 Å². The van der Waals surface area contributed by atoms with Gasteiger partial charge in [-0.2, -0.15) is 14.0 Å². The first-order valence-electron chi connectivity index (χ1n) is 4.27. The molecule has 7 heteroatoms. The van der Waals surface area contributed by atoms with Crippen LogP contribution in [0.4, 0.5) is 8.78 Å². The highest BCUT2D eigenvalue weighted by atomic mass is 127. The third-order valence-electron chi connectivity index (χ3n) is 1.83. The van der Waals surface area contributed by atoms with Crippen molar-refractivity contribution >= 4 is 28.6 Å². The average Bonchev–Trinajstić information content (AvgIpc) is 2.30. The van der Waals surface area contributed by atoms with E-state index in [4.69, 9.17) is 5.26 Å². The number of alkyl halides is 2. The molecule has 0 aromatic heterocycles. The predicted molar refractivity (Wildman–Crippen MR) is 61.8 cm³/mol. The lowest BCUT2D eigenvalue weighted by atomic mass is 10.1. The molecular formula is C10H6F2INO3. The SMILES string of the molecule is COC(=O)c1c(C#N)ccc(I)c1OC(F)F. The van der Waals surface area contributed by atoms with Crippen LogP contribution in [0.3, 0.4) is 0 Å². The van der Waals surface area contributed by atoms with Crippen molar-refractivity contribution in [2.24, 2.45) is 0 Å². The average molecular weight is 353 g/mol. The molecule has 0 aliphatic heterocycles.